The topological polar surface area (TPSA) is 64.6 Å². The maximum Gasteiger partial charge on any atom is 0.331 e. The van der Waals surface area contributed by atoms with Crippen LogP contribution in [0.4, 0.5) is 0 Å². The lowest BCUT2D eigenvalue weighted by Gasteiger charge is -2.38. The summed E-state index contributed by atoms with van der Waals surface area (Å²) >= 11 is 3.43. The first-order valence-corrected chi connectivity index (χ1v) is 9.33. The van der Waals surface area contributed by atoms with E-state index in [2.05, 4.69) is 21.2 Å². The van der Waals surface area contributed by atoms with E-state index in [9.17, 15) is 9.59 Å². The average molecular weight is 412 g/mol. The second kappa shape index (κ2) is 8.81. The van der Waals surface area contributed by atoms with Crippen LogP contribution < -0.4 is 5.32 Å². The van der Waals surface area contributed by atoms with Gasteiger partial charge in [-0.2, -0.15) is 0 Å². The molecule has 138 valence electrons. The fourth-order valence-electron chi connectivity index (χ4n) is 3.46. The molecule has 1 aromatic carbocycles. The van der Waals surface area contributed by atoms with Crippen molar-refractivity contribution in [2.24, 2.45) is 5.92 Å². The zero-order chi connectivity index (χ0) is 18.4. The quantitative estimate of drug-likeness (QED) is 0.730. The summed E-state index contributed by atoms with van der Waals surface area (Å²) in [7, 11) is 3.06. The second-order valence-electron chi connectivity index (χ2n) is 6.77. The summed E-state index contributed by atoms with van der Waals surface area (Å²) in [6, 6.07) is 5.86. The number of hydrogen-bond donors (Lipinski definition) is 1. The summed E-state index contributed by atoms with van der Waals surface area (Å²) in [6.45, 7) is 2.66. The number of nitrogens with one attached hydrogen (secondary N) is 1. The van der Waals surface area contributed by atoms with Crippen LogP contribution in [0.15, 0.2) is 22.7 Å². The minimum Gasteiger partial charge on any atom is -0.467 e. The van der Waals surface area contributed by atoms with Crippen LogP contribution in [0.3, 0.4) is 0 Å². The van der Waals surface area contributed by atoms with Crippen LogP contribution in [0, 0.1) is 12.8 Å². The lowest BCUT2D eigenvalue weighted by atomic mass is 9.76. The van der Waals surface area contributed by atoms with Crippen molar-refractivity contribution in [1.82, 2.24) is 5.32 Å². The third-order valence-corrected chi connectivity index (χ3v) is 5.47. The van der Waals surface area contributed by atoms with Gasteiger partial charge in [0.05, 0.1) is 13.5 Å². The predicted octanol–water partition coefficient (Wildman–Crippen LogP) is 3.16. The molecule has 0 aliphatic heterocycles. The molecule has 6 heteroatoms. The molecule has 0 aromatic heterocycles. The fraction of sp³-hybridized carbons (Fsp3) is 0.579. The molecule has 1 amide bonds. The number of benzene rings is 1. The van der Waals surface area contributed by atoms with Gasteiger partial charge < -0.3 is 14.8 Å². The van der Waals surface area contributed by atoms with Gasteiger partial charge in [0, 0.05) is 18.2 Å². The Balaban J connectivity index is 2.08. The molecule has 1 N–H and O–H groups in total. The first kappa shape index (κ1) is 19.9. The summed E-state index contributed by atoms with van der Waals surface area (Å²) in [4.78, 5) is 25.0. The zero-order valence-corrected chi connectivity index (χ0v) is 16.6. The minimum atomic E-state index is -0.921. The van der Waals surface area contributed by atoms with E-state index in [1.54, 1.807) is 7.11 Å². The summed E-state index contributed by atoms with van der Waals surface area (Å²) in [6.07, 6.45) is 3.07. The molecule has 1 aromatic rings. The monoisotopic (exact) mass is 411 g/mol. The molecule has 1 saturated carbocycles. The second-order valence-corrected chi connectivity index (χ2v) is 7.68. The highest BCUT2D eigenvalue weighted by atomic mass is 79.9. The SMILES string of the molecule is COC[C@H]1CC[C@](NC(=O)Cc2cc(Br)ccc2C)(C(=O)OC)CC1. The Kier molecular flexibility index (Phi) is 7.02. The Bertz CT molecular complexity index is 624. The molecule has 0 unspecified atom stereocenters. The standard InChI is InChI=1S/C19H26BrNO4/c1-13-4-5-16(20)10-15(13)11-17(22)21-19(18(23)25-3)8-6-14(7-9-19)12-24-2/h4-5,10,14H,6-9,11-12H2,1-3H3,(H,21,22)/t14-,19+. The molecule has 0 heterocycles. The summed E-state index contributed by atoms with van der Waals surface area (Å²) < 4.78 is 11.1. The van der Waals surface area contributed by atoms with Gasteiger partial charge in [-0.05, 0) is 61.8 Å². The van der Waals surface area contributed by atoms with Crippen molar-refractivity contribution in [3.05, 3.63) is 33.8 Å². The van der Waals surface area contributed by atoms with Crippen LogP contribution >= 0.6 is 15.9 Å². The normalized spacial score (nSPS) is 23.1. The van der Waals surface area contributed by atoms with Gasteiger partial charge in [-0.25, -0.2) is 4.79 Å². The number of hydrogen-bond acceptors (Lipinski definition) is 4. The largest absolute Gasteiger partial charge is 0.467 e. The lowest BCUT2D eigenvalue weighted by molar-refractivity contribution is -0.153. The molecule has 1 aliphatic carbocycles. The van der Waals surface area contributed by atoms with Gasteiger partial charge >= 0.3 is 5.97 Å². The van der Waals surface area contributed by atoms with Crippen LogP contribution in [0.1, 0.15) is 36.8 Å². The van der Waals surface area contributed by atoms with E-state index in [4.69, 9.17) is 9.47 Å². The van der Waals surface area contributed by atoms with Crippen LogP contribution in [-0.2, 0) is 25.5 Å². The van der Waals surface area contributed by atoms with E-state index in [0.29, 0.717) is 25.4 Å². The highest BCUT2D eigenvalue weighted by Gasteiger charge is 2.44. The third kappa shape index (κ3) is 5.05. The molecule has 1 aliphatic rings. The smallest absolute Gasteiger partial charge is 0.331 e. The number of carbonyl (C=O) groups is 2. The van der Waals surface area contributed by atoms with Crippen molar-refractivity contribution in [3.8, 4) is 0 Å². The molecule has 0 radical (unpaired) electrons. The van der Waals surface area contributed by atoms with Gasteiger partial charge in [0.25, 0.3) is 0 Å². The predicted molar refractivity (Wildman–Crippen MR) is 99.3 cm³/mol. The number of halogens is 1. The molecule has 0 saturated heterocycles. The van der Waals surface area contributed by atoms with Crippen molar-refractivity contribution in [1.29, 1.82) is 0 Å². The lowest BCUT2D eigenvalue weighted by Crippen LogP contribution is -2.57. The number of amides is 1. The average Bonchev–Trinajstić information content (AvgIpc) is 2.59. The third-order valence-electron chi connectivity index (χ3n) is 4.98. The van der Waals surface area contributed by atoms with Crippen LogP contribution in [-0.4, -0.2) is 38.2 Å². The van der Waals surface area contributed by atoms with Crippen molar-refractivity contribution < 1.29 is 19.1 Å². The number of methoxy groups -OCH3 is 2. The Morgan fingerprint density at radius 2 is 1.96 bits per heavy atom. The van der Waals surface area contributed by atoms with Gasteiger partial charge in [-0.1, -0.05) is 22.0 Å². The van der Waals surface area contributed by atoms with Crippen LogP contribution in [0.25, 0.3) is 0 Å². The molecular formula is C19H26BrNO4. The number of carbonyl (C=O) groups excluding carboxylic acids is 2. The van der Waals surface area contributed by atoms with Crippen molar-refractivity contribution >= 4 is 27.8 Å². The van der Waals surface area contributed by atoms with Gasteiger partial charge in [-0.3, -0.25) is 4.79 Å². The number of ether oxygens (including phenoxy) is 2. The molecule has 0 bridgehead atoms. The van der Waals surface area contributed by atoms with E-state index < -0.39 is 5.54 Å². The minimum absolute atomic E-state index is 0.156. The Morgan fingerprint density at radius 1 is 1.28 bits per heavy atom. The van der Waals surface area contributed by atoms with Crippen molar-refractivity contribution in [2.45, 2.75) is 44.6 Å². The number of rotatable bonds is 6. The number of aryl methyl sites for hydroxylation is 1. The highest BCUT2D eigenvalue weighted by molar-refractivity contribution is 9.10. The molecule has 5 nitrogen and oxygen atoms in total. The van der Waals surface area contributed by atoms with Gasteiger partial charge in [-0.15, -0.1) is 0 Å². The van der Waals surface area contributed by atoms with Gasteiger partial charge in [0.15, 0.2) is 0 Å². The van der Waals surface area contributed by atoms with Crippen LogP contribution in [0.2, 0.25) is 0 Å². The van der Waals surface area contributed by atoms with E-state index in [0.717, 1.165) is 28.4 Å². The molecule has 2 rings (SSSR count). The highest BCUT2D eigenvalue weighted by Crippen LogP contribution is 2.33. The summed E-state index contributed by atoms with van der Waals surface area (Å²) in [5.41, 5.74) is 1.07. The van der Waals surface area contributed by atoms with E-state index in [1.807, 2.05) is 25.1 Å². The zero-order valence-electron chi connectivity index (χ0n) is 15.1. The fourth-order valence-corrected chi connectivity index (χ4v) is 3.87. The Labute approximate surface area is 157 Å². The van der Waals surface area contributed by atoms with Gasteiger partial charge in [0.1, 0.15) is 5.54 Å². The van der Waals surface area contributed by atoms with E-state index in [1.165, 1.54) is 7.11 Å². The first-order chi connectivity index (χ1) is 11.9. The first-order valence-electron chi connectivity index (χ1n) is 8.53. The Morgan fingerprint density at radius 3 is 2.56 bits per heavy atom. The Hall–Kier alpha value is -1.40. The van der Waals surface area contributed by atoms with Gasteiger partial charge in [0.2, 0.25) is 5.91 Å². The van der Waals surface area contributed by atoms with Crippen molar-refractivity contribution in [3.63, 3.8) is 0 Å². The van der Waals surface area contributed by atoms with E-state index >= 15 is 0 Å². The van der Waals surface area contributed by atoms with E-state index in [-0.39, 0.29) is 18.3 Å². The summed E-state index contributed by atoms with van der Waals surface area (Å²) in [5, 5.41) is 2.97. The molecule has 25 heavy (non-hydrogen) atoms. The van der Waals surface area contributed by atoms with Crippen molar-refractivity contribution in [2.75, 3.05) is 20.8 Å². The maximum atomic E-state index is 12.6. The molecule has 1 fully saturated rings. The molecule has 0 spiro atoms. The molecular weight excluding hydrogens is 386 g/mol. The van der Waals surface area contributed by atoms with Crippen LogP contribution in [0.5, 0.6) is 0 Å². The molecule has 0 atom stereocenters. The maximum absolute atomic E-state index is 12.6. The number of esters is 1. The summed E-state index contributed by atoms with van der Waals surface area (Å²) in [5.74, 6) is -0.0912.